The van der Waals surface area contributed by atoms with Gasteiger partial charge in [0, 0.05) is 15.7 Å². The van der Waals surface area contributed by atoms with Crippen LogP contribution in [0.5, 0.6) is 0 Å². The van der Waals surface area contributed by atoms with Gasteiger partial charge in [-0.15, -0.1) is 0 Å². The van der Waals surface area contributed by atoms with Gasteiger partial charge in [0.25, 0.3) is 5.69 Å². The van der Waals surface area contributed by atoms with Crippen molar-refractivity contribution in [1.29, 1.82) is 0 Å². The molecule has 0 bridgehead atoms. The second kappa shape index (κ2) is 5.40. The van der Waals surface area contributed by atoms with E-state index in [2.05, 4.69) is 40.0 Å². The first-order valence-electron chi connectivity index (χ1n) is 6.41. The number of nitrogens with zero attached hydrogens (tertiary/aromatic N) is 1. The Kier molecular flexibility index (Phi) is 3.60. The zero-order valence-electron chi connectivity index (χ0n) is 10.7. The van der Waals surface area contributed by atoms with E-state index >= 15 is 0 Å². The number of hydrogen-bond acceptors (Lipinski definition) is 3. The van der Waals surface area contributed by atoms with Gasteiger partial charge in [0.1, 0.15) is 5.69 Å². The molecule has 4 nitrogen and oxygen atoms in total. The summed E-state index contributed by atoms with van der Waals surface area (Å²) in [6.45, 7) is 0. The van der Waals surface area contributed by atoms with Crippen LogP contribution < -0.4 is 5.32 Å². The number of halogens is 1. The molecule has 0 radical (unpaired) electrons. The number of nitrogens with one attached hydrogen (secondary N) is 1. The molecule has 5 heteroatoms. The van der Waals surface area contributed by atoms with Gasteiger partial charge in [0.15, 0.2) is 0 Å². The quantitative estimate of drug-likeness (QED) is 0.501. The van der Waals surface area contributed by atoms with Crippen molar-refractivity contribution < 1.29 is 4.92 Å². The molecule has 1 aliphatic carbocycles. The lowest BCUT2D eigenvalue weighted by molar-refractivity contribution is -0.384. The van der Waals surface area contributed by atoms with Crippen molar-refractivity contribution in [2.75, 3.05) is 5.32 Å². The average Bonchev–Trinajstić information content (AvgIpc) is 2.82. The standard InChI is InChI=1S/C15H13IN2O2/c16-12-5-6-14(15(9-12)18(19)20)17-13-7-10-3-1-2-4-11(10)8-13/h1-6,9,13,17H,7-8H2. The van der Waals surface area contributed by atoms with E-state index in [-0.39, 0.29) is 16.7 Å². The number of nitro benzene ring substituents is 1. The van der Waals surface area contributed by atoms with E-state index in [9.17, 15) is 10.1 Å². The molecular formula is C15H13IN2O2. The van der Waals surface area contributed by atoms with Crippen molar-refractivity contribution in [1.82, 2.24) is 0 Å². The Morgan fingerprint density at radius 2 is 1.80 bits per heavy atom. The minimum absolute atomic E-state index is 0.146. The number of nitro groups is 1. The SMILES string of the molecule is O=[N+]([O-])c1cc(I)ccc1NC1Cc2ccccc2C1. The maximum absolute atomic E-state index is 11.1. The van der Waals surface area contributed by atoms with Gasteiger partial charge in [-0.2, -0.15) is 0 Å². The molecule has 2 aromatic carbocycles. The van der Waals surface area contributed by atoms with Crippen LogP contribution in [0, 0.1) is 13.7 Å². The summed E-state index contributed by atoms with van der Waals surface area (Å²) in [6.07, 6.45) is 1.83. The average molecular weight is 380 g/mol. The molecule has 0 unspecified atom stereocenters. The number of fused-ring (bicyclic) bond motifs is 1. The Balaban J connectivity index is 1.82. The highest BCUT2D eigenvalue weighted by atomic mass is 127. The molecule has 0 aromatic heterocycles. The Morgan fingerprint density at radius 3 is 2.40 bits per heavy atom. The molecule has 0 heterocycles. The third kappa shape index (κ3) is 2.63. The van der Waals surface area contributed by atoms with Gasteiger partial charge in [-0.05, 0) is 58.7 Å². The Hall–Kier alpha value is -1.63. The molecular weight excluding hydrogens is 367 g/mol. The molecule has 20 heavy (non-hydrogen) atoms. The molecule has 0 fully saturated rings. The molecule has 0 saturated heterocycles. The summed E-state index contributed by atoms with van der Waals surface area (Å²) in [4.78, 5) is 10.8. The van der Waals surface area contributed by atoms with Crippen LogP contribution >= 0.6 is 22.6 Å². The van der Waals surface area contributed by atoms with Crippen LogP contribution in [0.1, 0.15) is 11.1 Å². The highest BCUT2D eigenvalue weighted by molar-refractivity contribution is 14.1. The van der Waals surface area contributed by atoms with Crippen molar-refractivity contribution >= 4 is 34.0 Å². The van der Waals surface area contributed by atoms with Gasteiger partial charge in [-0.3, -0.25) is 10.1 Å². The van der Waals surface area contributed by atoms with Gasteiger partial charge < -0.3 is 5.32 Å². The lowest BCUT2D eigenvalue weighted by Crippen LogP contribution is -2.20. The van der Waals surface area contributed by atoms with Crippen LogP contribution in [0.15, 0.2) is 42.5 Å². The van der Waals surface area contributed by atoms with Crippen molar-refractivity contribution in [2.45, 2.75) is 18.9 Å². The van der Waals surface area contributed by atoms with Gasteiger partial charge >= 0.3 is 0 Å². The largest absolute Gasteiger partial charge is 0.376 e. The molecule has 2 aromatic rings. The highest BCUT2D eigenvalue weighted by Gasteiger charge is 2.23. The van der Waals surface area contributed by atoms with E-state index < -0.39 is 0 Å². The number of hydrogen-bond donors (Lipinski definition) is 1. The first-order chi connectivity index (χ1) is 9.63. The molecule has 0 aliphatic heterocycles. The summed E-state index contributed by atoms with van der Waals surface area (Å²) in [6, 6.07) is 13.8. The van der Waals surface area contributed by atoms with Crippen molar-refractivity contribution in [3.63, 3.8) is 0 Å². The fourth-order valence-electron chi connectivity index (χ4n) is 2.66. The fraction of sp³-hybridized carbons (Fsp3) is 0.200. The van der Waals surface area contributed by atoms with Gasteiger partial charge in [-0.1, -0.05) is 24.3 Å². The molecule has 0 atom stereocenters. The minimum atomic E-state index is -0.327. The van der Waals surface area contributed by atoms with Crippen molar-refractivity contribution in [3.05, 3.63) is 67.3 Å². The molecule has 0 amide bonds. The Bertz CT molecular complexity index is 648. The normalized spacial score (nSPS) is 14.1. The summed E-state index contributed by atoms with van der Waals surface area (Å²) >= 11 is 2.09. The van der Waals surface area contributed by atoms with Crippen LogP contribution in [-0.4, -0.2) is 11.0 Å². The smallest absolute Gasteiger partial charge is 0.293 e. The van der Waals surface area contributed by atoms with E-state index in [1.54, 1.807) is 12.1 Å². The van der Waals surface area contributed by atoms with Crippen LogP contribution in [0.3, 0.4) is 0 Å². The van der Waals surface area contributed by atoms with Crippen molar-refractivity contribution in [2.24, 2.45) is 0 Å². The van der Waals surface area contributed by atoms with Gasteiger partial charge in [0.2, 0.25) is 0 Å². The molecule has 0 spiro atoms. The third-order valence-electron chi connectivity index (χ3n) is 3.57. The van der Waals surface area contributed by atoms with Crippen molar-refractivity contribution in [3.8, 4) is 0 Å². The summed E-state index contributed by atoms with van der Waals surface area (Å²) in [5.74, 6) is 0. The van der Waals surface area contributed by atoms with Crippen LogP contribution in [0.2, 0.25) is 0 Å². The fourth-order valence-corrected chi connectivity index (χ4v) is 3.13. The van der Waals surface area contributed by atoms with E-state index in [0.717, 1.165) is 16.4 Å². The van der Waals surface area contributed by atoms with Crippen LogP contribution in [0.25, 0.3) is 0 Å². The maximum atomic E-state index is 11.1. The molecule has 3 rings (SSSR count). The highest BCUT2D eigenvalue weighted by Crippen LogP contribution is 2.30. The summed E-state index contributed by atoms with van der Waals surface area (Å²) < 4.78 is 0.870. The van der Waals surface area contributed by atoms with Crippen LogP contribution in [-0.2, 0) is 12.8 Å². The summed E-state index contributed by atoms with van der Waals surface area (Å²) in [5.41, 5.74) is 3.41. The molecule has 1 aliphatic rings. The number of rotatable bonds is 3. The maximum Gasteiger partial charge on any atom is 0.293 e. The Labute approximate surface area is 130 Å². The zero-order valence-corrected chi connectivity index (χ0v) is 12.8. The van der Waals surface area contributed by atoms with E-state index in [4.69, 9.17) is 0 Å². The minimum Gasteiger partial charge on any atom is -0.376 e. The number of benzene rings is 2. The van der Waals surface area contributed by atoms with Crippen LogP contribution in [0.4, 0.5) is 11.4 Å². The van der Waals surface area contributed by atoms with Gasteiger partial charge in [0.05, 0.1) is 4.92 Å². The molecule has 0 saturated carbocycles. The Morgan fingerprint density at radius 1 is 1.15 bits per heavy atom. The monoisotopic (exact) mass is 380 g/mol. The summed E-state index contributed by atoms with van der Waals surface area (Å²) in [5, 5.41) is 14.4. The second-order valence-corrected chi connectivity index (χ2v) is 6.18. The first-order valence-corrected chi connectivity index (χ1v) is 7.48. The second-order valence-electron chi connectivity index (χ2n) is 4.94. The van der Waals surface area contributed by atoms with Gasteiger partial charge in [-0.25, -0.2) is 0 Å². The molecule has 102 valence electrons. The topological polar surface area (TPSA) is 55.2 Å². The zero-order chi connectivity index (χ0) is 14.1. The lowest BCUT2D eigenvalue weighted by atomic mass is 10.1. The van der Waals surface area contributed by atoms with E-state index in [0.29, 0.717) is 5.69 Å². The first kappa shape index (κ1) is 13.4. The van der Waals surface area contributed by atoms with E-state index in [1.165, 1.54) is 11.1 Å². The number of anilines is 1. The summed E-state index contributed by atoms with van der Waals surface area (Å²) in [7, 11) is 0. The molecule has 1 N–H and O–H groups in total. The predicted octanol–water partition coefficient (Wildman–Crippen LogP) is 3.78. The predicted molar refractivity (Wildman–Crippen MR) is 87.1 cm³/mol. The third-order valence-corrected chi connectivity index (χ3v) is 4.24. The lowest BCUT2D eigenvalue weighted by Gasteiger charge is -2.13. The van der Waals surface area contributed by atoms with E-state index in [1.807, 2.05) is 18.2 Å².